The number of anilines is 1. The highest BCUT2D eigenvalue weighted by Crippen LogP contribution is 2.29. The van der Waals surface area contributed by atoms with Crippen molar-refractivity contribution in [2.45, 2.75) is 43.5 Å². The lowest BCUT2D eigenvalue weighted by atomic mass is 10.1. The molecule has 6 nitrogen and oxygen atoms in total. The fourth-order valence-electron chi connectivity index (χ4n) is 3.52. The first-order chi connectivity index (χ1) is 14.8. The van der Waals surface area contributed by atoms with E-state index in [1.54, 1.807) is 26.0 Å². The molecule has 1 aliphatic heterocycles. The molecule has 0 fully saturated rings. The van der Waals surface area contributed by atoms with E-state index in [0.717, 1.165) is 31.7 Å². The van der Waals surface area contributed by atoms with Crippen LogP contribution in [0.25, 0.3) is 0 Å². The molecule has 8 heteroatoms. The molecule has 1 aliphatic rings. The Hall–Kier alpha value is -2.55. The summed E-state index contributed by atoms with van der Waals surface area (Å²) in [6.45, 7) is 5.93. The average molecular weight is 456 g/mol. The van der Waals surface area contributed by atoms with Crippen LogP contribution < -0.4 is 5.32 Å². The lowest BCUT2D eigenvalue weighted by Gasteiger charge is -2.25. The maximum absolute atomic E-state index is 12.6. The standard InChI is InChI=1S/C23H25N3O3S2/c1-16(2)31(28,29)19-10-8-18(9-11-19)22(27)25-23-24-20-12-13-26(15-21(20)30-23)14-17-6-4-3-5-7-17/h3-11,16H,12-15H2,1-2H3,(H,24,25,27). The zero-order chi connectivity index (χ0) is 22.0. The van der Waals surface area contributed by atoms with Crippen molar-refractivity contribution in [1.82, 2.24) is 9.88 Å². The van der Waals surface area contributed by atoms with Gasteiger partial charge in [-0.15, -0.1) is 11.3 Å². The van der Waals surface area contributed by atoms with Crippen LogP contribution in [0, 0.1) is 0 Å². The minimum absolute atomic E-state index is 0.224. The Morgan fingerprint density at radius 3 is 2.52 bits per heavy atom. The van der Waals surface area contributed by atoms with Gasteiger partial charge in [0, 0.05) is 36.5 Å². The third-order valence-corrected chi connectivity index (χ3v) is 8.51. The zero-order valence-electron chi connectivity index (χ0n) is 17.5. The van der Waals surface area contributed by atoms with Crippen molar-refractivity contribution < 1.29 is 13.2 Å². The fraction of sp³-hybridized carbons (Fsp3) is 0.304. The number of fused-ring (bicyclic) bond motifs is 1. The number of hydrogen-bond donors (Lipinski definition) is 1. The first-order valence-corrected chi connectivity index (χ1v) is 12.6. The summed E-state index contributed by atoms with van der Waals surface area (Å²) in [7, 11) is -3.35. The van der Waals surface area contributed by atoms with E-state index < -0.39 is 15.1 Å². The van der Waals surface area contributed by atoms with E-state index in [1.807, 2.05) is 6.07 Å². The summed E-state index contributed by atoms with van der Waals surface area (Å²) in [6, 6.07) is 16.4. The molecule has 0 saturated heterocycles. The van der Waals surface area contributed by atoms with E-state index in [1.165, 1.54) is 33.9 Å². The van der Waals surface area contributed by atoms with Gasteiger partial charge in [-0.05, 0) is 43.7 Å². The molecular weight excluding hydrogens is 430 g/mol. The summed E-state index contributed by atoms with van der Waals surface area (Å²) in [5.41, 5.74) is 2.73. The van der Waals surface area contributed by atoms with Gasteiger partial charge in [-0.2, -0.15) is 0 Å². The Kier molecular flexibility index (Phi) is 6.22. The second-order valence-electron chi connectivity index (χ2n) is 7.91. The van der Waals surface area contributed by atoms with Gasteiger partial charge in [-0.25, -0.2) is 13.4 Å². The molecule has 0 atom stereocenters. The van der Waals surface area contributed by atoms with Crippen LogP contribution in [0.15, 0.2) is 59.5 Å². The number of nitrogens with one attached hydrogen (secondary N) is 1. The highest BCUT2D eigenvalue weighted by Gasteiger charge is 2.22. The van der Waals surface area contributed by atoms with Gasteiger partial charge >= 0.3 is 0 Å². The number of carbonyl (C=O) groups excluding carboxylic acids is 1. The fourth-order valence-corrected chi connectivity index (χ4v) is 5.62. The molecule has 0 bridgehead atoms. The smallest absolute Gasteiger partial charge is 0.257 e. The zero-order valence-corrected chi connectivity index (χ0v) is 19.2. The second-order valence-corrected chi connectivity index (χ2v) is 11.5. The number of rotatable bonds is 6. The van der Waals surface area contributed by atoms with Crippen molar-refractivity contribution in [2.24, 2.45) is 0 Å². The van der Waals surface area contributed by atoms with Crippen LogP contribution in [0.3, 0.4) is 0 Å². The second kappa shape index (κ2) is 8.90. The third-order valence-electron chi connectivity index (χ3n) is 5.35. The molecule has 1 aromatic heterocycles. The molecule has 0 unspecified atom stereocenters. The summed E-state index contributed by atoms with van der Waals surface area (Å²) in [5.74, 6) is -0.291. The predicted octanol–water partition coefficient (Wildman–Crippen LogP) is 4.14. The first-order valence-electron chi connectivity index (χ1n) is 10.2. The number of amides is 1. The molecule has 0 spiro atoms. The maximum Gasteiger partial charge on any atom is 0.257 e. The molecule has 31 heavy (non-hydrogen) atoms. The minimum atomic E-state index is -3.35. The normalized spacial score (nSPS) is 14.4. The monoisotopic (exact) mass is 455 g/mol. The van der Waals surface area contributed by atoms with Gasteiger partial charge in [-0.3, -0.25) is 15.0 Å². The first kappa shape index (κ1) is 21.7. The lowest BCUT2D eigenvalue weighted by molar-refractivity contribution is 0.102. The number of carbonyl (C=O) groups is 1. The molecule has 1 N–H and O–H groups in total. The van der Waals surface area contributed by atoms with Gasteiger partial charge in [0.2, 0.25) is 0 Å². The van der Waals surface area contributed by atoms with Crippen molar-refractivity contribution >= 4 is 32.2 Å². The van der Waals surface area contributed by atoms with E-state index in [4.69, 9.17) is 0 Å². The van der Waals surface area contributed by atoms with Gasteiger partial charge in [0.1, 0.15) is 0 Å². The van der Waals surface area contributed by atoms with Gasteiger partial charge < -0.3 is 0 Å². The minimum Gasteiger partial charge on any atom is -0.298 e. The summed E-state index contributed by atoms with van der Waals surface area (Å²) in [6.07, 6.45) is 0.857. The molecule has 2 aromatic carbocycles. The highest BCUT2D eigenvalue weighted by molar-refractivity contribution is 7.92. The molecule has 3 aromatic rings. The van der Waals surface area contributed by atoms with Crippen LogP contribution in [0.2, 0.25) is 0 Å². The third kappa shape index (κ3) is 4.87. The Balaban J connectivity index is 1.41. The van der Waals surface area contributed by atoms with Crippen LogP contribution in [0.4, 0.5) is 5.13 Å². The Bertz CT molecular complexity index is 1170. The number of aromatic nitrogens is 1. The Morgan fingerprint density at radius 1 is 1.13 bits per heavy atom. The van der Waals surface area contributed by atoms with Gasteiger partial charge in [0.05, 0.1) is 15.8 Å². The lowest BCUT2D eigenvalue weighted by Crippen LogP contribution is -2.29. The molecule has 0 aliphatic carbocycles. The molecule has 162 valence electrons. The van der Waals surface area contributed by atoms with Crippen LogP contribution in [-0.2, 0) is 29.3 Å². The topological polar surface area (TPSA) is 79.4 Å². The summed E-state index contributed by atoms with van der Waals surface area (Å²) in [5, 5.41) is 2.94. The van der Waals surface area contributed by atoms with Crippen molar-refractivity contribution in [3.8, 4) is 0 Å². The molecule has 2 heterocycles. The number of benzene rings is 2. The summed E-state index contributed by atoms with van der Waals surface area (Å²) >= 11 is 1.50. The number of sulfone groups is 1. The summed E-state index contributed by atoms with van der Waals surface area (Å²) in [4.78, 5) is 21.0. The number of hydrogen-bond acceptors (Lipinski definition) is 6. The van der Waals surface area contributed by atoms with Gasteiger partial charge in [0.15, 0.2) is 15.0 Å². The van der Waals surface area contributed by atoms with Crippen LogP contribution in [-0.4, -0.2) is 36.0 Å². The quantitative estimate of drug-likeness (QED) is 0.604. The molecular formula is C23H25N3O3S2. The summed E-state index contributed by atoms with van der Waals surface area (Å²) < 4.78 is 24.5. The van der Waals surface area contributed by atoms with Crippen LogP contribution in [0.1, 0.15) is 40.3 Å². The Labute approximate surface area is 186 Å². The van der Waals surface area contributed by atoms with Gasteiger partial charge in [0.25, 0.3) is 5.91 Å². The number of nitrogens with zero attached hydrogens (tertiary/aromatic N) is 2. The van der Waals surface area contributed by atoms with Crippen LogP contribution >= 0.6 is 11.3 Å². The molecule has 1 amide bonds. The van der Waals surface area contributed by atoms with Crippen molar-refractivity contribution in [1.29, 1.82) is 0 Å². The van der Waals surface area contributed by atoms with E-state index >= 15 is 0 Å². The van der Waals surface area contributed by atoms with E-state index in [2.05, 4.69) is 39.5 Å². The van der Waals surface area contributed by atoms with E-state index in [9.17, 15) is 13.2 Å². The molecule has 0 saturated carbocycles. The predicted molar refractivity (Wildman–Crippen MR) is 123 cm³/mol. The SMILES string of the molecule is CC(C)S(=O)(=O)c1ccc(C(=O)Nc2nc3c(s2)CN(Cc2ccccc2)CC3)cc1. The molecule has 4 rings (SSSR count). The van der Waals surface area contributed by atoms with Crippen molar-refractivity contribution in [2.75, 3.05) is 11.9 Å². The van der Waals surface area contributed by atoms with Crippen molar-refractivity contribution in [3.63, 3.8) is 0 Å². The maximum atomic E-state index is 12.6. The van der Waals surface area contributed by atoms with Gasteiger partial charge in [-0.1, -0.05) is 30.3 Å². The highest BCUT2D eigenvalue weighted by atomic mass is 32.2. The average Bonchev–Trinajstić information content (AvgIpc) is 3.16. The van der Waals surface area contributed by atoms with E-state index in [-0.39, 0.29) is 10.8 Å². The van der Waals surface area contributed by atoms with Crippen molar-refractivity contribution in [3.05, 3.63) is 76.3 Å². The Morgan fingerprint density at radius 2 is 1.84 bits per heavy atom. The number of thiazole rings is 1. The van der Waals surface area contributed by atoms with Crippen LogP contribution in [0.5, 0.6) is 0 Å². The molecule has 0 radical (unpaired) electrons. The largest absolute Gasteiger partial charge is 0.298 e. The van der Waals surface area contributed by atoms with E-state index in [0.29, 0.717) is 10.7 Å².